The van der Waals surface area contributed by atoms with Crippen molar-refractivity contribution in [1.29, 1.82) is 0 Å². The van der Waals surface area contributed by atoms with Crippen LogP contribution in [0.2, 0.25) is 5.02 Å². The normalized spacial score (nSPS) is 15.6. The number of benzene rings is 2. The van der Waals surface area contributed by atoms with E-state index < -0.39 is 10.0 Å². The van der Waals surface area contributed by atoms with Crippen molar-refractivity contribution in [3.8, 4) is 0 Å². The van der Waals surface area contributed by atoms with Gasteiger partial charge in [-0.3, -0.25) is 4.79 Å². The average molecular weight is 453 g/mol. The minimum Gasteiger partial charge on any atom is -0.325 e. The van der Waals surface area contributed by atoms with E-state index in [2.05, 4.69) is 5.32 Å². The summed E-state index contributed by atoms with van der Waals surface area (Å²) in [5.74, 6) is 0.876. The van der Waals surface area contributed by atoms with Gasteiger partial charge in [-0.1, -0.05) is 36.6 Å². The topological polar surface area (TPSA) is 66.5 Å². The summed E-state index contributed by atoms with van der Waals surface area (Å²) in [6.07, 6.45) is 3.96. The van der Waals surface area contributed by atoms with Gasteiger partial charge in [0.25, 0.3) is 0 Å². The summed E-state index contributed by atoms with van der Waals surface area (Å²) in [5.41, 5.74) is 1.66. The Morgan fingerprint density at radius 1 is 1.03 bits per heavy atom. The first-order chi connectivity index (χ1) is 13.9. The highest BCUT2D eigenvalue weighted by atomic mass is 35.5. The number of rotatable bonds is 7. The Labute approximate surface area is 181 Å². The highest BCUT2D eigenvalue weighted by Gasteiger charge is 2.24. The molecule has 0 spiro atoms. The molecule has 5 nitrogen and oxygen atoms in total. The number of halogens is 1. The summed E-state index contributed by atoms with van der Waals surface area (Å²) in [5, 5.41) is 3.50. The molecule has 1 amide bonds. The second kappa shape index (κ2) is 10.5. The largest absolute Gasteiger partial charge is 0.325 e. The van der Waals surface area contributed by atoms with Crippen LogP contribution in [0, 0.1) is 0 Å². The first-order valence-corrected chi connectivity index (χ1v) is 12.6. The maximum absolute atomic E-state index is 12.8. The summed E-state index contributed by atoms with van der Waals surface area (Å²) >= 11 is 7.46. The Hall–Kier alpha value is -1.54. The van der Waals surface area contributed by atoms with E-state index in [4.69, 9.17) is 11.6 Å². The molecular weight excluding hydrogens is 428 g/mol. The minimum absolute atomic E-state index is 0.125. The van der Waals surface area contributed by atoms with Crippen molar-refractivity contribution in [2.24, 2.45) is 0 Å². The number of nitrogens with one attached hydrogen (secondary N) is 1. The van der Waals surface area contributed by atoms with Crippen molar-refractivity contribution in [3.63, 3.8) is 0 Å². The Morgan fingerprint density at radius 3 is 2.38 bits per heavy atom. The van der Waals surface area contributed by atoms with E-state index in [-0.39, 0.29) is 10.8 Å². The molecule has 2 aromatic rings. The lowest BCUT2D eigenvalue weighted by molar-refractivity contribution is -0.113. The van der Waals surface area contributed by atoms with Gasteiger partial charge in [-0.05, 0) is 54.8 Å². The Morgan fingerprint density at radius 2 is 1.72 bits per heavy atom. The van der Waals surface area contributed by atoms with Crippen molar-refractivity contribution in [1.82, 2.24) is 4.31 Å². The van der Waals surface area contributed by atoms with Gasteiger partial charge in [-0.25, -0.2) is 8.42 Å². The van der Waals surface area contributed by atoms with Crippen LogP contribution in [0.25, 0.3) is 0 Å². The van der Waals surface area contributed by atoms with E-state index in [0.717, 1.165) is 31.2 Å². The highest BCUT2D eigenvalue weighted by Crippen LogP contribution is 2.22. The van der Waals surface area contributed by atoms with E-state index in [0.29, 0.717) is 35.3 Å². The molecule has 1 heterocycles. The molecule has 8 heteroatoms. The molecule has 0 unspecified atom stereocenters. The predicted octanol–water partition coefficient (Wildman–Crippen LogP) is 4.78. The van der Waals surface area contributed by atoms with Gasteiger partial charge in [0.2, 0.25) is 15.9 Å². The van der Waals surface area contributed by atoms with Crippen LogP contribution in [0.3, 0.4) is 0 Å². The molecule has 1 fully saturated rings. The number of carbonyl (C=O) groups is 1. The second-order valence-electron chi connectivity index (χ2n) is 7.01. The molecule has 0 radical (unpaired) electrons. The second-order valence-corrected chi connectivity index (χ2v) is 10.4. The van der Waals surface area contributed by atoms with Crippen LogP contribution in [0.5, 0.6) is 0 Å². The quantitative estimate of drug-likeness (QED) is 0.656. The molecule has 0 saturated carbocycles. The maximum atomic E-state index is 12.8. The number of carbonyl (C=O) groups excluding carboxylic acids is 1. The Balaban J connectivity index is 1.52. The summed E-state index contributed by atoms with van der Waals surface area (Å²) in [7, 11) is -3.47. The van der Waals surface area contributed by atoms with Crippen molar-refractivity contribution in [2.75, 3.05) is 24.2 Å². The van der Waals surface area contributed by atoms with Crippen molar-refractivity contribution in [2.45, 2.75) is 36.3 Å². The summed E-state index contributed by atoms with van der Waals surface area (Å²) in [4.78, 5) is 12.4. The van der Waals surface area contributed by atoms with Gasteiger partial charge in [-0.2, -0.15) is 4.31 Å². The van der Waals surface area contributed by atoms with Gasteiger partial charge in [0, 0.05) is 29.6 Å². The molecule has 29 heavy (non-hydrogen) atoms. The van der Waals surface area contributed by atoms with Gasteiger partial charge in [-0.15, -0.1) is 11.8 Å². The lowest BCUT2D eigenvalue weighted by atomic mass is 10.2. The van der Waals surface area contributed by atoms with Crippen LogP contribution in [0.15, 0.2) is 53.4 Å². The predicted molar refractivity (Wildman–Crippen MR) is 120 cm³/mol. The number of sulfonamides is 1. The fraction of sp³-hybridized carbons (Fsp3) is 0.381. The summed E-state index contributed by atoms with van der Waals surface area (Å²) in [6, 6.07) is 14.0. The first kappa shape index (κ1) is 22.2. The van der Waals surface area contributed by atoms with E-state index in [1.54, 1.807) is 28.6 Å². The summed E-state index contributed by atoms with van der Waals surface area (Å²) < 4.78 is 27.2. The van der Waals surface area contributed by atoms with Crippen molar-refractivity contribution < 1.29 is 13.2 Å². The summed E-state index contributed by atoms with van der Waals surface area (Å²) in [6.45, 7) is 1.15. The number of hydrogen-bond acceptors (Lipinski definition) is 4. The molecule has 1 saturated heterocycles. The molecule has 3 rings (SSSR count). The van der Waals surface area contributed by atoms with Gasteiger partial charge in [0.1, 0.15) is 0 Å². The first-order valence-electron chi connectivity index (χ1n) is 9.67. The number of hydrogen-bond donors (Lipinski definition) is 1. The Kier molecular flexibility index (Phi) is 8.00. The zero-order valence-corrected chi connectivity index (χ0v) is 18.5. The molecule has 0 bridgehead atoms. The van der Waals surface area contributed by atoms with E-state index in [9.17, 15) is 13.2 Å². The fourth-order valence-corrected chi connectivity index (χ4v) is 5.73. The van der Waals surface area contributed by atoms with Gasteiger partial charge in [0.05, 0.1) is 10.6 Å². The SMILES string of the molecule is O=C(CSCc1cccc(Cl)c1)Nc1ccc(S(=O)(=O)N2CCCCCC2)cc1. The maximum Gasteiger partial charge on any atom is 0.243 e. The molecule has 1 aliphatic rings. The van der Waals surface area contributed by atoms with Crippen LogP contribution < -0.4 is 5.32 Å². The third-order valence-electron chi connectivity index (χ3n) is 4.73. The fourth-order valence-electron chi connectivity index (χ4n) is 3.23. The minimum atomic E-state index is -3.47. The van der Waals surface area contributed by atoms with Gasteiger partial charge in [0.15, 0.2) is 0 Å². The monoisotopic (exact) mass is 452 g/mol. The van der Waals surface area contributed by atoms with E-state index in [1.165, 1.54) is 11.8 Å². The molecule has 0 aliphatic carbocycles. The molecule has 2 aromatic carbocycles. The van der Waals surface area contributed by atoms with E-state index >= 15 is 0 Å². The standard InChI is InChI=1S/C21H25ClN2O3S2/c22-18-7-5-6-17(14-18)15-28-16-21(25)23-19-8-10-20(11-9-19)29(26,27)24-12-3-1-2-4-13-24/h5-11,14H,1-4,12-13,15-16H2,(H,23,25). The zero-order valence-electron chi connectivity index (χ0n) is 16.1. The smallest absolute Gasteiger partial charge is 0.243 e. The number of amides is 1. The molecular formula is C21H25ClN2O3S2. The van der Waals surface area contributed by atoms with Crippen LogP contribution in [0.1, 0.15) is 31.2 Å². The average Bonchev–Trinajstić information content (AvgIpc) is 2.99. The van der Waals surface area contributed by atoms with Crippen LogP contribution >= 0.6 is 23.4 Å². The third kappa shape index (κ3) is 6.47. The number of thioether (sulfide) groups is 1. The van der Waals surface area contributed by atoms with Crippen molar-refractivity contribution in [3.05, 3.63) is 59.1 Å². The molecule has 1 N–H and O–H groups in total. The molecule has 1 aliphatic heterocycles. The number of nitrogens with zero attached hydrogens (tertiary/aromatic N) is 1. The molecule has 0 aromatic heterocycles. The van der Waals surface area contributed by atoms with Gasteiger partial charge < -0.3 is 5.32 Å². The van der Waals surface area contributed by atoms with Crippen LogP contribution in [0.4, 0.5) is 5.69 Å². The molecule has 156 valence electrons. The van der Waals surface area contributed by atoms with E-state index in [1.807, 2.05) is 24.3 Å². The van der Waals surface area contributed by atoms with Crippen LogP contribution in [-0.2, 0) is 20.6 Å². The van der Waals surface area contributed by atoms with Gasteiger partial charge >= 0.3 is 0 Å². The highest BCUT2D eigenvalue weighted by molar-refractivity contribution is 7.99. The lowest BCUT2D eigenvalue weighted by Crippen LogP contribution is -2.31. The molecule has 0 atom stereocenters. The number of anilines is 1. The Bertz CT molecular complexity index is 925. The lowest BCUT2D eigenvalue weighted by Gasteiger charge is -2.20. The van der Waals surface area contributed by atoms with Crippen LogP contribution in [-0.4, -0.2) is 37.5 Å². The zero-order chi connectivity index (χ0) is 20.7. The third-order valence-corrected chi connectivity index (χ3v) is 7.88. The van der Waals surface area contributed by atoms with Crippen molar-refractivity contribution >= 4 is 45.0 Å².